The molecule has 0 aliphatic heterocycles. The van der Waals surface area contributed by atoms with E-state index in [-0.39, 0.29) is 11.6 Å². The first-order chi connectivity index (χ1) is 8.20. The van der Waals surface area contributed by atoms with E-state index in [0.29, 0.717) is 6.07 Å². The third-order valence-corrected chi connectivity index (χ3v) is 2.30. The number of aliphatic hydroxyl groups excluding tert-OH is 2. The first-order valence-corrected chi connectivity index (χ1v) is 5.05. The van der Waals surface area contributed by atoms with Crippen LogP contribution in [0.15, 0.2) is 12.1 Å². The summed E-state index contributed by atoms with van der Waals surface area (Å²) < 4.78 is 37.6. The number of alkyl halides is 3. The Bertz CT molecular complexity index is 419. The van der Waals surface area contributed by atoms with Gasteiger partial charge in [0, 0.05) is 0 Å². The van der Waals surface area contributed by atoms with Crippen molar-refractivity contribution in [2.75, 3.05) is 24.3 Å². The molecule has 0 amide bonds. The maximum absolute atomic E-state index is 12.5. The normalized spacial score (nSPS) is 12.6. The zero-order valence-corrected chi connectivity index (χ0v) is 9.62. The van der Waals surface area contributed by atoms with Crippen molar-refractivity contribution in [1.82, 2.24) is 4.98 Å². The number of rotatable bonds is 4. The van der Waals surface area contributed by atoms with Crippen LogP contribution in [-0.2, 0) is 6.18 Å². The Morgan fingerprint density at radius 1 is 1.28 bits per heavy atom. The molecule has 18 heavy (non-hydrogen) atoms. The fourth-order valence-electron chi connectivity index (χ4n) is 1.22. The predicted molar refractivity (Wildman–Crippen MR) is 59.9 cm³/mol. The molecule has 0 aromatic carbocycles. The van der Waals surface area contributed by atoms with Gasteiger partial charge in [-0.05, 0) is 19.1 Å². The van der Waals surface area contributed by atoms with Crippen molar-refractivity contribution in [3.8, 4) is 0 Å². The number of pyridine rings is 1. The van der Waals surface area contributed by atoms with Crippen LogP contribution in [-0.4, -0.2) is 33.9 Å². The van der Waals surface area contributed by atoms with Crippen molar-refractivity contribution in [2.24, 2.45) is 0 Å². The molecule has 0 aliphatic carbocycles. The van der Waals surface area contributed by atoms with Gasteiger partial charge in [-0.2, -0.15) is 13.2 Å². The predicted octanol–water partition coefficient (Wildman–Crippen LogP) is 0.838. The summed E-state index contributed by atoms with van der Waals surface area (Å²) >= 11 is 0. The Morgan fingerprint density at radius 2 is 1.83 bits per heavy atom. The molecular weight excluding hydrogens is 251 g/mol. The average Bonchev–Trinajstić information content (AvgIpc) is 2.27. The van der Waals surface area contributed by atoms with Gasteiger partial charge in [-0.15, -0.1) is 0 Å². The third-order valence-electron chi connectivity index (χ3n) is 2.30. The third kappa shape index (κ3) is 3.47. The molecule has 5 N–H and O–H groups in total. The lowest BCUT2D eigenvalue weighted by Gasteiger charge is -2.27. The number of aromatic nitrogens is 1. The van der Waals surface area contributed by atoms with Gasteiger partial charge in [-0.3, -0.25) is 0 Å². The lowest BCUT2D eigenvalue weighted by Crippen LogP contribution is -2.42. The number of nitrogens with one attached hydrogen (secondary N) is 1. The lowest BCUT2D eigenvalue weighted by molar-refractivity contribution is -0.137. The number of aliphatic hydroxyl groups is 2. The van der Waals surface area contributed by atoms with Crippen LogP contribution < -0.4 is 11.1 Å². The molecule has 102 valence electrons. The molecule has 1 heterocycles. The smallest absolute Gasteiger partial charge is 0.394 e. The Kier molecular flexibility index (Phi) is 4.02. The first-order valence-electron chi connectivity index (χ1n) is 5.05. The molecule has 5 nitrogen and oxygen atoms in total. The van der Waals surface area contributed by atoms with E-state index in [2.05, 4.69) is 10.3 Å². The number of hydrogen-bond acceptors (Lipinski definition) is 5. The van der Waals surface area contributed by atoms with E-state index in [1.54, 1.807) is 0 Å². The Labute approximate surface area is 101 Å². The van der Waals surface area contributed by atoms with E-state index in [1.165, 1.54) is 6.92 Å². The van der Waals surface area contributed by atoms with Gasteiger partial charge in [0.25, 0.3) is 0 Å². The molecule has 1 rings (SSSR count). The molecule has 0 unspecified atom stereocenters. The van der Waals surface area contributed by atoms with Crippen LogP contribution in [0.4, 0.5) is 24.8 Å². The molecular formula is C10H14F3N3O2. The molecule has 0 saturated carbocycles. The van der Waals surface area contributed by atoms with E-state index in [0.717, 1.165) is 6.07 Å². The maximum atomic E-state index is 12.5. The minimum atomic E-state index is -4.54. The van der Waals surface area contributed by atoms with E-state index >= 15 is 0 Å². The molecule has 0 spiro atoms. The maximum Gasteiger partial charge on any atom is 0.416 e. The van der Waals surface area contributed by atoms with Crippen LogP contribution in [0.3, 0.4) is 0 Å². The van der Waals surface area contributed by atoms with Gasteiger partial charge in [0.2, 0.25) is 0 Å². The van der Waals surface area contributed by atoms with Gasteiger partial charge in [-0.1, -0.05) is 0 Å². The number of hydrogen-bond donors (Lipinski definition) is 4. The zero-order chi connectivity index (χ0) is 14.0. The second-order valence-electron chi connectivity index (χ2n) is 4.17. The quantitative estimate of drug-likeness (QED) is 0.647. The summed E-state index contributed by atoms with van der Waals surface area (Å²) in [6.45, 7) is 0.494. The topological polar surface area (TPSA) is 91.4 Å². The van der Waals surface area contributed by atoms with E-state index in [9.17, 15) is 13.2 Å². The van der Waals surface area contributed by atoms with Crippen LogP contribution in [0.25, 0.3) is 0 Å². The number of nitrogens with two attached hydrogens (primary N) is 1. The molecule has 0 aliphatic rings. The largest absolute Gasteiger partial charge is 0.416 e. The SMILES string of the molecule is CC(CO)(CO)Nc1cc(C(F)(F)F)cc(N)n1. The fraction of sp³-hybridized carbons (Fsp3) is 0.500. The van der Waals surface area contributed by atoms with Crippen molar-refractivity contribution in [2.45, 2.75) is 18.6 Å². The van der Waals surface area contributed by atoms with Gasteiger partial charge in [0.1, 0.15) is 11.6 Å². The summed E-state index contributed by atoms with van der Waals surface area (Å²) in [5.41, 5.74) is 3.16. The van der Waals surface area contributed by atoms with Gasteiger partial charge in [0.05, 0.1) is 24.3 Å². The van der Waals surface area contributed by atoms with E-state index in [1.807, 2.05) is 0 Å². The van der Waals surface area contributed by atoms with Crippen molar-refractivity contribution < 1.29 is 23.4 Å². The molecule has 0 radical (unpaired) electrons. The summed E-state index contributed by atoms with van der Waals surface area (Å²) in [5.74, 6) is -0.460. The first kappa shape index (κ1) is 14.5. The van der Waals surface area contributed by atoms with Crippen LogP contribution >= 0.6 is 0 Å². The van der Waals surface area contributed by atoms with Gasteiger partial charge < -0.3 is 21.3 Å². The number of halogens is 3. The number of nitrogens with zero attached hydrogens (tertiary/aromatic N) is 1. The van der Waals surface area contributed by atoms with E-state index < -0.39 is 30.5 Å². The van der Waals surface area contributed by atoms with Crippen molar-refractivity contribution in [3.63, 3.8) is 0 Å². The van der Waals surface area contributed by atoms with Gasteiger partial charge >= 0.3 is 6.18 Å². The number of anilines is 2. The monoisotopic (exact) mass is 265 g/mol. The van der Waals surface area contributed by atoms with E-state index in [4.69, 9.17) is 15.9 Å². The van der Waals surface area contributed by atoms with Crippen molar-refractivity contribution >= 4 is 11.6 Å². The highest BCUT2D eigenvalue weighted by atomic mass is 19.4. The highest BCUT2D eigenvalue weighted by Gasteiger charge is 2.32. The van der Waals surface area contributed by atoms with Crippen LogP contribution in [0.5, 0.6) is 0 Å². The second-order valence-corrected chi connectivity index (χ2v) is 4.17. The summed E-state index contributed by atoms with van der Waals surface area (Å²) in [5, 5.41) is 20.6. The molecule has 0 saturated heterocycles. The Balaban J connectivity index is 3.08. The highest BCUT2D eigenvalue weighted by molar-refractivity contribution is 5.48. The summed E-state index contributed by atoms with van der Waals surface area (Å²) in [6.07, 6.45) is -4.54. The van der Waals surface area contributed by atoms with Crippen LogP contribution in [0.1, 0.15) is 12.5 Å². The van der Waals surface area contributed by atoms with Crippen molar-refractivity contribution in [3.05, 3.63) is 17.7 Å². The Hall–Kier alpha value is -1.54. The molecule has 8 heteroatoms. The van der Waals surface area contributed by atoms with Gasteiger partial charge in [0.15, 0.2) is 0 Å². The van der Waals surface area contributed by atoms with Crippen molar-refractivity contribution in [1.29, 1.82) is 0 Å². The van der Waals surface area contributed by atoms with Crippen LogP contribution in [0.2, 0.25) is 0 Å². The molecule has 0 bridgehead atoms. The molecule has 0 atom stereocenters. The minimum Gasteiger partial charge on any atom is -0.394 e. The van der Waals surface area contributed by atoms with Gasteiger partial charge in [-0.25, -0.2) is 4.98 Å². The second kappa shape index (κ2) is 4.99. The lowest BCUT2D eigenvalue weighted by atomic mass is 10.1. The standard InChI is InChI=1S/C10H14F3N3O2/c1-9(4-17,5-18)16-8-3-6(10(11,12)13)2-7(14)15-8/h2-3,17-18H,4-5H2,1H3,(H3,14,15,16). The average molecular weight is 265 g/mol. The minimum absolute atomic E-state index is 0.159. The fourth-order valence-corrected chi connectivity index (χ4v) is 1.22. The number of nitrogen functional groups attached to an aromatic ring is 1. The summed E-state index contributed by atoms with van der Waals surface area (Å²) in [7, 11) is 0. The van der Waals surface area contributed by atoms with Crippen LogP contribution in [0, 0.1) is 0 Å². The zero-order valence-electron chi connectivity index (χ0n) is 9.62. The summed E-state index contributed by atoms with van der Waals surface area (Å²) in [6, 6.07) is 1.47. The molecule has 1 aromatic heterocycles. The summed E-state index contributed by atoms with van der Waals surface area (Å²) in [4.78, 5) is 3.67. The highest BCUT2D eigenvalue weighted by Crippen LogP contribution is 2.31. The molecule has 0 fully saturated rings. The molecule has 1 aromatic rings. The Morgan fingerprint density at radius 3 is 2.28 bits per heavy atom.